The van der Waals surface area contributed by atoms with E-state index in [9.17, 15) is 0 Å². The van der Waals surface area contributed by atoms with Gasteiger partial charge in [0.2, 0.25) is 0 Å². The van der Waals surface area contributed by atoms with Gasteiger partial charge in [0.15, 0.2) is 0 Å². The fourth-order valence-corrected chi connectivity index (χ4v) is 3.10. The van der Waals surface area contributed by atoms with Crippen LogP contribution in [0.15, 0.2) is 24.5 Å². The molecule has 1 aromatic heterocycles. The van der Waals surface area contributed by atoms with Crippen molar-refractivity contribution in [2.45, 2.75) is 44.3 Å². The van der Waals surface area contributed by atoms with Crippen molar-refractivity contribution in [1.29, 1.82) is 0 Å². The van der Waals surface area contributed by atoms with Crippen molar-refractivity contribution in [2.24, 2.45) is 0 Å². The van der Waals surface area contributed by atoms with Gasteiger partial charge in [-0.15, -0.1) is 0 Å². The van der Waals surface area contributed by atoms with E-state index in [2.05, 4.69) is 48.1 Å². The predicted molar refractivity (Wildman–Crippen MR) is 75.4 cm³/mol. The van der Waals surface area contributed by atoms with Crippen LogP contribution in [0.3, 0.4) is 0 Å². The third kappa shape index (κ3) is 3.30. The molecule has 3 heteroatoms. The third-order valence-electron chi connectivity index (χ3n) is 4.10. The van der Waals surface area contributed by atoms with E-state index in [1.54, 1.807) is 0 Å². The third-order valence-corrected chi connectivity index (χ3v) is 4.10. The van der Waals surface area contributed by atoms with E-state index in [1.165, 1.54) is 31.2 Å². The summed E-state index contributed by atoms with van der Waals surface area (Å²) in [7, 11) is 6.68. The second-order valence-electron chi connectivity index (χ2n) is 5.65. The average molecular weight is 247 g/mol. The van der Waals surface area contributed by atoms with Gasteiger partial charge >= 0.3 is 0 Å². The molecular formula is C15H25N3. The molecule has 0 aliphatic heterocycles. The molecule has 0 saturated heterocycles. The van der Waals surface area contributed by atoms with Gasteiger partial charge in [-0.1, -0.05) is 12.8 Å². The molecule has 0 amide bonds. The Morgan fingerprint density at radius 3 is 2.28 bits per heavy atom. The number of hydrogen-bond donors (Lipinski definition) is 0. The summed E-state index contributed by atoms with van der Waals surface area (Å²) >= 11 is 0. The van der Waals surface area contributed by atoms with E-state index in [1.807, 2.05) is 12.4 Å². The molecule has 1 fully saturated rings. The molecule has 0 bridgehead atoms. The molecule has 3 nitrogen and oxygen atoms in total. The van der Waals surface area contributed by atoms with E-state index in [-0.39, 0.29) is 0 Å². The van der Waals surface area contributed by atoms with Crippen molar-refractivity contribution in [3.05, 3.63) is 30.1 Å². The van der Waals surface area contributed by atoms with Crippen LogP contribution in [0, 0.1) is 0 Å². The molecule has 1 aliphatic carbocycles. The molecule has 2 rings (SSSR count). The average Bonchev–Trinajstić information content (AvgIpc) is 2.40. The first-order valence-electron chi connectivity index (χ1n) is 6.94. The van der Waals surface area contributed by atoms with E-state index in [0.29, 0.717) is 12.1 Å². The number of aromatic nitrogens is 1. The maximum absolute atomic E-state index is 4.08. The van der Waals surface area contributed by atoms with Crippen LogP contribution in [-0.4, -0.2) is 48.0 Å². The SMILES string of the molecule is CN(C)C1CCCCC1N(C)Cc1ccncc1. The van der Waals surface area contributed by atoms with Crippen molar-refractivity contribution in [2.75, 3.05) is 21.1 Å². The van der Waals surface area contributed by atoms with Gasteiger partial charge in [0.05, 0.1) is 0 Å². The van der Waals surface area contributed by atoms with E-state index < -0.39 is 0 Å². The largest absolute Gasteiger partial charge is 0.305 e. The summed E-state index contributed by atoms with van der Waals surface area (Å²) in [5.41, 5.74) is 1.36. The highest BCUT2D eigenvalue weighted by Gasteiger charge is 2.29. The molecular weight excluding hydrogens is 222 g/mol. The number of hydrogen-bond acceptors (Lipinski definition) is 3. The minimum atomic E-state index is 0.682. The Morgan fingerprint density at radius 2 is 1.67 bits per heavy atom. The van der Waals surface area contributed by atoms with Gasteiger partial charge in [-0.2, -0.15) is 0 Å². The lowest BCUT2D eigenvalue weighted by Gasteiger charge is -2.41. The van der Waals surface area contributed by atoms with Crippen molar-refractivity contribution in [3.63, 3.8) is 0 Å². The van der Waals surface area contributed by atoms with Gasteiger partial charge in [0, 0.05) is 31.0 Å². The molecule has 1 heterocycles. The molecule has 2 unspecified atom stereocenters. The highest BCUT2D eigenvalue weighted by atomic mass is 15.2. The van der Waals surface area contributed by atoms with Crippen molar-refractivity contribution in [3.8, 4) is 0 Å². The van der Waals surface area contributed by atoms with Crippen LogP contribution >= 0.6 is 0 Å². The standard InChI is InChI=1S/C15H25N3/c1-17(2)14-6-4-5-7-15(14)18(3)12-13-8-10-16-11-9-13/h8-11,14-15H,4-7,12H2,1-3H3. The Balaban J connectivity index is 2.00. The predicted octanol–water partition coefficient (Wildman–Crippen LogP) is 2.39. The van der Waals surface area contributed by atoms with Crippen LogP contribution < -0.4 is 0 Å². The van der Waals surface area contributed by atoms with Crippen molar-refractivity contribution < 1.29 is 0 Å². The summed E-state index contributed by atoms with van der Waals surface area (Å²) in [5.74, 6) is 0. The van der Waals surface area contributed by atoms with Gasteiger partial charge in [-0.25, -0.2) is 0 Å². The Morgan fingerprint density at radius 1 is 1.06 bits per heavy atom. The molecule has 0 N–H and O–H groups in total. The normalized spacial score (nSPS) is 24.7. The first-order valence-corrected chi connectivity index (χ1v) is 6.94. The first kappa shape index (κ1) is 13.5. The van der Waals surface area contributed by atoms with Crippen molar-refractivity contribution >= 4 is 0 Å². The molecule has 1 saturated carbocycles. The minimum absolute atomic E-state index is 0.682. The first-order chi connectivity index (χ1) is 8.68. The number of nitrogens with zero attached hydrogens (tertiary/aromatic N) is 3. The zero-order chi connectivity index (χ0) is 13.0. The topological polar surface area (TPSA) is 19.4 Å². The fourth-order valence-electron chi connectivity index (χ4n) is 3.10. The zero-order valence-corrected chi connectivity index (χ0v) is 11.8. The van der Waals surface area contributed by atoms with Gasteiger partial charge < -0.3 is 4.90 Å². The lowest BCUT2D eigenvalue weighted by atomic mass is 9.88. The molecule has 100 valence electrons. The maximum Gasteiger partial charge on any atom is 0.0271 e. The maximum atomic E-state index is 4.08. The summed E-state index contributed by atoms with van der Waals surface area (Å²) in [6.07, 6.45) is 9.17. The van der Waals surface area contributed by atoms with Gasteiger partial charge in [-0.05, 0) is 51.7 Å². The van der Waals surface area contributed by atoms with Gasteiger partial charge in [0.1, 0.15) is 0 Å². The number of pyridine rings is 1. The smallest absolute Gasteiger partial charge is 0.0271 e. The van der Waals surface area contributed by atoms with Crippen LogP contribution in [0.1, 0.15) is 31.2 Å². The summed E-state index contributed by atoms with van der Waals surface area (Å²) in [6, 6.07) is 5.61. The molecule has 0 aromatic carbocycles. The molecule has 0 radical (unpaired) electrons. The monoisotopic (exact) mass is 247 g/mol. The lowest BCUT2D eigenvalue weighted by Crippen LogP contribution is -2.49. The summed E-state index contributed by atoms with van der Waals surface area (Å²) in [6.45, 7) is 1.03. The number of likely N-dealkylation sites (N-methyl/N-ethyl adjacent to an activating group) is 2. The zero-order valence-electron chi connectivity index (χ0n) is 11.8. The second kappa shape index (κ2) is 6.30. The van der Waals surface area contributed by atoms with Gasteiger partial charge in [0.25, 0.3) is 0 Å². The highest BCUT2D eigenvalue weighted by Crippen LogP contribution is 2.26. The highest BCUT2D eigenvalue weighted by molar-refractivity contribution is 5.09. The van der Waals surface area contributed by atoms with E-state index in [4.69, 9.17) is 0 Å². The Bertz CT molecular complexity index is 350. The molecule has 18 heavy (non-hydrogen) atoms. The molecule has 1 aliphatic rings. The Labute approximate surface area is 111 Å². The van der Waals surface area contributed by atoms with Crippen molar-refractivity contribution in [1.82, 2.24) is 14.8 Å². The Hall–Kier alpha value is -0.930. The summed E-state index contributed by atoms with van der Waals surface area (Å²) < 4.78 is 0. The summed E-state index contributed by atoms with van der Waals surface area (Å²) in [5, 5.41) is 0. The molecule has 0 spiro atoms. The minimum Gasteiger partial charge on any atom is -0.305 e. The van der Waals surface area contributed by atoms with E-state index in [0.717, 1.165) is 6.54 Å². The van der Waals surface area contributed by atoms with Crippen LogP contribution in [0.2, 0.25) is 0 Å². The fraction of sp³-hybridized carbons (Fsp3) is 0.667. The molecule has 2 atom stereocenters. The number of rotatable bonds is 4. The van der Waals surface area contributed by atoms with Crippen LogP contribution in [-0.2, 0) is 6.54 Å². The molecule has 1 aromatic rings. The van der Waals surface area contributed by atoms with Gasteiger partial charge in [-0.3, -0.25) is 9.88 Å². The van der Waals surface area contributed by atoms with Crippen LogP contribution in [0.25, 0.3) is 0 Å². The summed E-state index contributed by atoms with van der Waals surface area (Å²) in [4.78, 5) is 8.99. The Kier molecular flexibility index (Phi) is 4.72. The van der Waals surface area contributed by atoms with Crippen LogP contribution in [0.4, 0.5) is 0 Å². The second-order valence-corrected chi connectivity index (χ2v) is 5.65. The quantitative estimate of drug-likeness (QED) is 0.814. The van der Waals surface area contributed by atoms with E-state index >= 15 is 0 Å². The van der Waals surface area contributed by atoms with Crippen LogP contribution in [0.5, 0.6) is 0 Å². The lowest BCUT2D eigenvalue weighted by molar-refractivity contribution is 0.0877.